The topological polar surface area (TPSA) is 105 Å². The first kappa shape index (κ1) is 24.2. The predicted octanol–water partition coefficient (Wildman–Crippen LogP) is 1.12. The molecule has 4 rings (SSSR count). The zero-order chi connectivity index (χ0) is 25.3. The van der Waals surface area contributed by atoms with Crippen molar-refractivity contribution in [1.29, 1.82) is 0 Å². The highest BCUT2D eigenvalue weighted by Crippen LogP contribution is 2.39. The Morgan fingerprint density at radius 1 is 1.20 bits per heavy atom. The molecule has 0 saturated carbocycles. The highest BCUT2D eigenvalue weighted by molar-refractivity contribution is 6.03. The van der Waals surface area contributed by atoms with E-state index in [0.717, 1.165) is 16.7 Å². The van der Waals surface area contributed by atoms with Gasteiger partial charge in [0.25, 0.3) is 11.8 Å². The predicted molar refractivity (Wildman–Crippen MR) is 128 cm³/mol. The molecule has 0 aromatic heterocycles. The Morgan fingerprint density at radius 3 is 2.57 bits per heavy atom. The van der Waals surface area contributed by atoms with Crippen LogP contribution < -0.4 is 15.5 Å². The van der Waals surface area contributed by atoms with E-state index in [9.17, 15) is 23.9 Å². The fourth-order valence-corrected chi connectivity index (χ4v) is 4.65. The van der Waals surface area contributed by atoms with E-state index in [-0.39, 0.29) is 19.0 Å². The summed E-state index contributed by atoms with van der Waals surface area (Å²) in [6, 6.07) is 12.2. The number of nitrogens with one attached hydrogen (secondary N) is 2. The van der Waals surface area contributed by atoms with Crippen molar-refractivity contribution in [3.8, 4) is 0 Å². The lowest BCUT2D eigenvalue weighted by atomic mass is 9.91. The van der Waals surface area contributed by atoms with Crippen LogP contribution in [0.2, 0.25) is 0 Å². The number of anilines is 1. The van der Waals surface area contributed by atoms with Crippen LogP contribution in [0.4, 0.5) is 10.1 Å². The zero-order valence-corrected chi connectivity index (χ0v) is 19.8. The lowest BCUT2D eigenvalue weighted by molar-refractivity contribution is -0.151. The van der Waals surface area contributed by atoms with Crippen LogP contribution in [-0.2, 0) is 27.3 Å². The molecular weight excluding hydrogens is 453 g/mol. The summed E-state index contributed by atoms with van der Waals surface area (Å²) in [5.41, 5.74) is 0.464. The van der Waals surface area contributed by atoms with Crippen LogP contribution in [0.3, 0.4) is 0 Å². The molecule has 0 aliphatic carbocycles. The van der Waals surface area contributed by atoms with Crippen molar-refractivity contribution in [3.63, 3.8) is 0 Å². The number of halogens is 1. The Kier molecular flexibility index (Phi) is 6.49. The van der Waals surface area contributed by atoms with Crippen LogP contribution in [0, 0.1) is 5.82 Å². The number of carbonyl (C=O) groups is 3. The third kappa shape index (κ3) is 4.32. The van der Waals surface area contributed by atoms with Gasteiger partial charge in [-0.1, -0.05) is 30.3 Å². The number of aliphatic hydroxyl groups excluding tert-OH is 1. The SMILES string of the molecule is CN(C)CC(=O)N1c2ccccc2CC1C1(C(=O)NCc2ccc(F)cc2)NC=C(O)C(=O)N1C. The van der Waals surface area contributed by atoms with Crippen molar-refractivity contribution in [2.24, 2.45) is 0 Å². The Balaban J connectivity index is 1.75. The quantitative estimate of drug-likeness (QED) is 0.571. The fourth-order valence-electron chi connectivity index (χ4n) is 4.65. The third-order valence-corrected chi connectivity index (χ3v) is 6.37. The number of likely N-dealkylation sites (N-methyl/N-ethyl adjacent to an activating group) is 2. The minimum Gasteiger partial charge on any atom is -0.502 e. The summed E-state index contributed by atoms with van der Waals surface area (Å²) in [5.74, 6) is -2.50. The van der Waals surface area contributed by atoms with Gasteiger partial charge in [0.1, 0.15) is 5.82 Å². The summed E-state index contributed by atoms with van der Waals surface area (Å²) in [6.07, 6.45) is 1.40. The summed E-state index contributed by atoms with van der Waals surface area (Å²) >= 11 is 0. The Labute approximate surface area is 202 Å². The molecule has 0 bridgehead atoms. The maximum atomic E-state index is 13.9. The number of aliphatic hydroxyl groups is 1. The molecule has 2 aromatic carbocycles. The number of nitrogens with zero attached hydrogens (tertiary/aromatic N) is 3. The normalized spacial score (nSPS) is 21.5. The monoisotopic (exact) mass is 481 g/mol. The largest absolute Gasteiger partial charge is 0.502 e. The lowest BCUT2D eigenvalue weighted by Gasteiger charge is -2.48. The molecule has 10 heteroatoms. The van der Waals surface area contributed by atoms with E-state index >= 15 is 0 Å². The molecule has 2 atom stereocenters. The molecule has 0 fully saturated rings. The van der Waals surface area contributed by atoms with Crippen LogP contribution in [0.15, 0.2) is 60.5 Å². The van der Waals surface area contributed by atoms with E-state index in [1.807, 2.05) is 24.3 Å². The molecule has 2 aliphatic rings. The fraction of sp³-hybridized carbons (Fsp3) is 0.320. The Bertz CT molecular complexity index is 1180. The molecule has 0 spiro atoms. The molecule has 2 heterocycles. The van der Waals surface area contributed by atoms with E-state index in [4.69, 9.17) is 0 Å². The summed E-state index contributed by atoms with van der Waals surface area (Å²) in [7, 11) is 4.96. The number of benzene rings is 2. The molecule has 35 heavy (non-hydrogen) atoms. The van der Waals surface area contributed by atoms with E-state index in [1.165, 1.54) is 19.2 Å². The minimum absolute atomic E-state index is 0.0750. The van der Waals surface area contributed by atoms with Crippen molar-refractivity contribution >= 4 is 23.4 Å². The van der Waals surface area contributed by atoms with Crippen molar-refractivity contribution < 1.29 is 23.9 Å². The van der Waals surface area contributed by atoms with Crippen molar-refractivity contribution in [3.05, 3.63) is 77.4 Å². The number of carbonyl (C=O) groups excluding carboxylic acids is 3. The smallest absolute Gasteiger partial charge is 0.292 e. The number of para-hydroxylation sites is 1. The second kappa shape index (κ2) is 9.38. The third-order valence-electron chi connectivity index (χ3n) is 6.37. The van der Waals surface area contributed by atoms with Crippen LogP contribution in [0.1, 0.15) is 11.1 Å². The lowest BCUT2D eigenvalue weighted by Crippen LogP contribution is -2.77. The molecule has 0 radical (unpaired) electrons. The van der Waals surface area contributed by atoms with Gasteiger partial charge in [0.05, 0.1) is 12.6 Å². The molecule has 3 amide bonds. The van der Waals surface area contributed by atoms with E-state index in [1.54, 1.807) is 36.0 Å². The Morgan fingerprint density at radius 2 is 1.89 bits per heavy atom. The molecule has 3 N–H and O–H groups in total. The highest BCUT2D eigenvalue weighted by atomic mass is 19.1. The van der Waals surface area contributed by atoms with Gasteiger partial charge >= 0.3 is 0 Å². The molecule has 2 unspecified atom stereocenters. The molecule has 184 valence electrons. The summed E-state index contributed by atoms with van der Waals surface area (Å²) in [4.78, 5) is 44.6. The number of amides is 3. The van der Waals surface area contributed by atoms with Gasteiger partial charge in [-0.2, -0.15) is 0 Å². The maximum absolute atomic E-state index is 13.9. The van der Waals surface area contributed by atoms with E-state index < -0.39 is 35.1 Å². The number of hydrogen-bond donors (Lipinski definition) is 3. The van der Waals surface area contributed by atoms with Gasteiger partial charge in [-0.15, -0.1) is 0 Å². The highest BCUT2D eigenvalue weighted by Gasteiger charge is 2.58. The van der Waals surface area contributed by atoms with Crippen LogP contribution in [0.25, 0.3) is 0 Å². The number of hydrogen-bond acceptors (Lipinski definition) is 6. The molecule has 2 aromatic rings. The second-order valence-electron chi connectivity index (χ2n) is 8.96. The first-order chi connectivity index (χ1) is 16.6. The summed E-state index contributed by atoms with van der Waals surface area (Å²) in [6.45, 7) is 0.169. The van der Waals surface area contributed by atoms with Crippen molar-refractivity contribution in [2.45, 2.75) is 24.7 Å². The summed E-state index contributed by atoms with van der Waals surface area (Å²) in [5, 5.41) is 15.8. The summed E-state index contributed by atoms with van der Waals surface area (Å²) < 4.78 is 13.3. The zero-order valence-electron chi connectivity index (χ0n) is 19.8. The van der Waals surface area contributed by atoms with Gasteiger partial charge in [-0.05, 0) is 43.4 Å². The van der Waals surface area contributed by atoms with Gasteiger partial charge in [-0.3, -0.25) is 14.4 Å². The number of rotatable bonds is 6. The first-order valence-corrected chi connectivity index (χ1v) is 11.2. The van der Waals surface area contributed by atoms with Gasteiger partial charge in [0, 0.05) is 31.9 Å². The molecule has 9 nitrogen and oxygen atoms in total. The van der Waals surface area contributed by atoms with E-state index in [2.05, 4.69) is 10.6 Å². The van der Waals surface area contributed by atoms with Gasteiger partial charge < -0.3 is 30.4 Å². The maximum Gasteiger partial charge on any atom is 0.292 e. The number of fused-ring (bicyclic) bond motifs is 1. The van der Waals surface area contributed by atoms with Crippen molar-refractivity contribution in [2.75, 3.05) is 32.6 Å². The molecule has 0 saturated heterocycles. The standard InChI is InChI=1S/C25H28FN5O4/c1-29(2)15-22(33)31-19-7-5-4-6-17(19)12-21(31)25(28-14-20(32)23(34)30(25)3)24(35)27-13-16-8-10-18(26)11-9-16/h4-11,14,21,28,32H,12-13,15H2,1-3H3,(H,27,35). The van der Waals surface area contributed by atoms with E-state index in [0.29, 0.717) is 17.7 Å². The van der Waals surface area contributed by atoms with Gasteiger partial charge in [0.15, 0.2) is 5.76 Å². The minimum atomic E-state index is -1.72. The average Bonchev–Trinajstić information content (AvgIpc) is 3.22. The first-order valence-electron chi connectivity index (χ1n) is 11.2. The molecule has 2 aliphatic heterocycles. The average molecular weight is 482 g/mol. The second-order valence-corrected chi connectivity index (χ2v) is 8.96. The van der Waals surface area contributed by atoms with Crippen LogP contribution in [-0.4, -0.2) is 72.0 Å². The van der Waals surface area contributed by atoms with Gasteiger partial charge in [0.2, 0.25) is 11.6 Å². The van der Waals surface area contributed by atoms with Gasteiger partial charge in [-0.25, -0.2) is 4.39 Å². The van der Waals surface area contributed by atoms with Crippen LogP contribution >= 0.6 is 0 Å². The van der Waals surface area contributed by atoms with Crippen molar-refractivity contribution in [1.82, 2.24) is 20.4 Å². The Hall–Kier alpha value is -3.92. The molecular formula is C25H28FN5O4. The van der Waals surface area contributed by atoms with Crippen LogP contribution in [0.5, 0.6) is 0 Å².